The molecule has 0 aromatic heterocycles. The molecule has 5 nitrogen and oxygen atoms in total. The van der Waals surface area contributed by atoms with E-state index >= 15 is 0 Å². The molecule has 0 unspecified atom stereocenters. The summed E-state index contributed by atoms with van der Waals surface area (Å²) < 4.78 is 0. The Hall–Kier alpha value is -3.02. The predicted octanol–water partition coefficient (Wildman–Crippen LogP) is 5.75. The highest BCUT2D eigenvalue weighted by Gasteiger charge is 2.26. The van der Waals surface area contributed by atoms with E-state index in [-0.39, 0.29) is 17.5 Å². The molecule has 1 aliphatic heterocycles. The van der Waals surface area contributed by atoms with E-state index in [1.807, 2.05) is 31.2 Å². The number of nitrogens with zero attached hydrogens (tertiary/aromatic N) is 1. The van der Waals surface area contributed by atoms with Crippen LogP contribution in [0.3, 0.4) is 0 Å². The third kappa shape index (κ3) is 4.59. The fraction of sp³-hybridized carbons (Fsp3) is 0.200. The van der Waals surface area contributed by atoms with Gasteiger partial charge in [0.15, 0.2) is 0 Å². The molecule has 0 spiro atoms. The van der Waals surface area contributed by atoms with E-state index in [0.29, 0.717) is 22.2 Å². The van der Waals surface area contributed by atoms with E-state index in [1.165, 1.54) is 0 Å². The summed E-state index contributed by atoms with van der Waals surface area (Å²) in [6.45, 7) is 3.32. The van der Waals surface area contributed by atoms with Crippen LogP contribution in [0.1, 0.15) is 50.4 Å². The molecule has 0 aliphatic carbocycles. The molecule has 0 radical (unpaired) electrons. The Kier molecular flexibility index (Phi) is 6.40. The van der Waals surface area contributed by atoms with Crippen molar-refractivity contribution in [3.05, 3.63) is 98.5 Å². The first-order chi connectivity index (χ1) is 15.3. The zero-order chi connectivity index (χ0) is 22.8. The number of para-hydroxylation sites is 1. The van der Waals surface area contributed by atoms with Crippen molar-refractivity contribution in [3.63, 3.8) is 0 Å². The van der Waals surface area contributed by atoms with Gasteiger partial charge in [0.25, 0.3) is 5.91 Å². The number of carboxylic acid groups (broad SMARTS) is 1. The Labute approximate surface area is 196 Å². The van der Waals surface area contributed by atoms with Crippen LogP contribution >= 0.6 is 23.2 Å². The number of benzene rings is 3. The van der Waals surface area contributed by atoms with Crippen LogP contribution in [0.5, 0.6) is 0 Å². The molecule has 3 aromatic carbocycles. The van der Waals surface area contributed by atoms with Crippen molar-refractivity contribution in [2.75, 3.05) is 11.4 Å². The first-order valence-electron chi connectivity index (χ1n) is 10.3. The number of anilines is 1. The molecule has 0 saturated heterocycles. The molecule has 2 N–H and O–H groups in total. The van der Waals surface area contributed by atoms with Crippen molar-refractivity contribution in [1.29, 1.82) is 0 Å². The van der Waals surface area contributed by atoms with Crippen molar-refractivity contribution in [3.8, 4) is 0 Å². The van der Waals surface area contributed by atoms with Crippen molar-refractivity contribution < 1.29 is 14.7 Å². The summed E-state index contributed by atoms with van der Waals surface area (Å²) in [6, 6.07) is 17.6. The molecule has 4 rings (SSSR count). The molecule has 1 heterocycles. The molecule has 0 saturated carbocycles. The number of amides is 1. The van der Waals surface area contributed by atoms with Crippen LogP contribution in [0, 0.1) is 0 Å². The number of carboxylic acids is 1. The molecule has 1 amide bonds. The minimum Gasteiger partial charge on any atom is -0.478 e. The second-order valence-electron chi connectivity index (χ2n) is 7.86. The predicted molar refractivity (Wildman–Crippen MR) is 127 cm³/mol. The number of hydrogen-bond donors (Lipinski definition) is 2. The van der Waals surface area contributed by atoms with E-state index in [1.54, 1.807) is 30.3 Å². The second-order valence-corrected chi connectivity index (χ2v) is 8.67. The highest BCUT2D eigenvalue weighted by Crippen LogP contribution is 2.34. The molecule has 0 bridgehead atoms. The van der Waals surface area contributed by atoms with Gasteiger partial charge in [-0.1, -0.05) is 53.5 Å². The van der Waals surface area contributed by atoms with Crippen molar-refractivity contribution in [2.24, 2.45) is 0 Å². The normalized spacial score (nSPS) is 13.5. The number of nitrogens with one attached hydrogen (secondary N) is 1. The van der Waals surface area contributed by atoms with Crippen molar-refractivity contribution in [2.45, 2.75) is 25.9 Å². The van der Waals surface area contributed by atoms with Gasteiger partial charge in [0, 0.05) is 13.1 Å². The van der Waals surface area contributed by atoms with Crippen molar-refractivity contribution in [1.82, 2.24) is 5.32 Å². The standard InChI is InChI=1S/C25H22Cl2N2O3/c1-15(17-6-8-19(9-7-17)25(31)32)28-24(30)20-4-2-3-18-11-12-29(23(18)20)14-16-5-10-21(26)22(27)13-16/h2-10,13,15H,11-12,14H2,1H3,(H,28,30)(H,31,32)/t15-/m0/s1. The first-order valence-corrected chi connectivity index (χ1v) is 11.0. The number of rotatable bonds is 6. The molecular formula is C25H22Cl2N2O3. The van der Waals surface area contributed by atoms with Crippen LogP contribution in [0.25, 0.3) is 0 Å². The Morgan fingerprint density at radius 1 is 1.06 bits per heavy atom. The van der Waals surface area contributed by atoms with E-state index < -0.39 is 5.97 Å². The van der Waals surface area contributed by atoms with Gasteiger partial charge in [-0.05, 0) is 60.4 Å². The van der Waals surface area contributed by atoms with E-state index in [0.717, 1.165) is 35.3 Å². The van der Waals surface area contributed by atoms with Crippen LogP contribution in [0.4, 0.5) is 5.69 Å². The maximum atomic E-state index is 13.2. The summed E-state index contributed by atoms with van der Waals surface area (Å²) >= 11 is 12.2. The highest BCUT2D eigenvalue weighted by molar-refractivity contribution is 6.42. The third-order valence-corrected chi connectivity index (χ3v) is 6.43. The van der Waals surface area contributed by atoms with Crippen LogP contribution < -0.4 is 10.2 Å². The summed E-state index contributed by atoms with van der Waals surface area (Å²) in [7, 11) is 0. The Bertz CT molecular complexity index is 1180. The lowest BCUT2D eigenvalue weighted by Gasteiger charge is -2.23. The lowest BCUT2D eigenvalue weighted by Crippen LogP contribution is -2.29. The minimum absolute atomic E-state index is 0.169. The van der Waals surface area contributed by atoms with Gasteiger partial charge < -0.3 is 15.3 Å². The van der Waals surface area contributed by atoms with Gasteiger partial charge in [0.2, 0.25) is 0 Å². The second kappa shape index (κ2) is 9.23. The van der Waals surface area contributed by atoms with Gasteiger partial charge in [0.1, 0.15) is 0 Å². The molecule has 3 aromatic rings. The molecule has 7 heteroatoms. The third-order valence-electron chi connectivity index (χ3n) is 5.69. The summed E-state index contributed by atoms with van der Waals surface area (Å²) in [5.41, 5.74) is 4.76. The van der Waals surface area contributed by atoms with E-state index in [2.05, 4.69) is 16.3 Å². The fourth-order valence-electron chi connectivity index (χ4n) is 4.01. The van der Waals surface area contributed by atoms with Gasteiger partial charge in [-0.2, -0.15) is 0 Å². The minimum atomic E-state index is -0.977. The Morgan fingerprint density at radius 3 is 2.50 bits per heavy atom. The molecule has 32 heavy (non-hydrogen) atoms. The van der Waals surface area contributed by atoms with E-state index in [9.17, 15) is 9.59 Å². The number of aromatic carboxylic acids is 1. The zero-order valence-corrected chi connectivity index (χ0v) is 19.0. The Balaban J connectivity index is 1.54. The number of fused-ring (bicyclic) bond motifs is 1. The lowest BCUT2D eigenvalue weighted by molar-refractivity contribution is 0.0696. The van der Waals surface area contributed by atoms with Gasteiger partial charge in [0.05, 0.1) is 32.9 Å². The van der Waals surface area contributed by atoms with Crippen LogP contribution in [0.2, 0.25) is 10.0 Å². The number of halogens is 2. The molecule has 164 valence electrons. The largest absolute Gasteiger partial charge is 0.478 e. The summed E-state index contributed by atoms with van der Waals surface area (Å²) in [5, 5.41) is 13.1. The summed E-state index contributed by atoms with van der Waals surface area (Å²) in [6.07, 6.45) is 0.865. The molecular weight excluding hydrogens is 447 g/mol. The zero-order valence-electron chi connectivity index (χ0n) is 17.4. The summed E-state index contributed by atoms with van der Waals surface area (Å²) in [4.78, 5) is 26.4. The van der Waals surface area contributed by atoms with Gasteiger partial charge in [-0.3, -0.25) is 4.79 Å². The average Bonchev–Trinajstić information content (AvgIpc) is 3.19. The monoisotopic (exact) mass is 468 g/mol. The number of hydrogen-bond acceptors (Lipinski definition) is 3. The van der Waals surface area contributed by atoms with Crippen molar-refractivity contribution >= 4 is 40.8 Å². The van der Waals surface area contributed by atoms with Crippen LogP contribution in [0.15, 0.2) is 60.7 Å². The first kappa shape index (κ1) is 22.2. The number of carbonyl (C=O) groups excluding carboxylic acids is 1. The molecule has 1 aliphatic rings. The maximum Gasteiger partial charge on any atom is 0.335 e. The molecule has 1 atom stereocenters. The van der Waals surface area contributed by atoms with Crippen LogP contribution in [-0.4, -0.2) is 23.5 Å². The quantitative estimate of drug-likeness (QED) is 0.483. The van der Waals surface area contributed by atoms with E-state index in [4.69, 9.17) is 28.3 Å². The van der Waals surface area contributed by atoms with Gasteiger partial charge in [-0.25, -0.2) is 4.79 Å². The fourth-order valence-corrected chi connectivity index (χ4v) is 4.33. The van der Waals surface area contributed by atoms with Gasteiger partial charge >= 0.3 is 5.97 Å². The lowest BCUT2D eigenvalue weighted by atomic mass is 10.0. The van der Waals surface area contributed by atoms with Crippen LogP contribution in [-0.2, 0) is 13.0 Å². The average molecular weight is 469 g/mol. The smallest absolute Gasteiger partial charge is 0.335 e. The summed E-state index contributed by atoms with van der Waals surface area (Å²) in [5.74, 6) is -1.15. The molecule has 0 fully saturated rings. The number of carbonyl (C=O) groups is 2. The Morgan fingerprint density at radius 2 is 1.81 bits per heavy atom. The SMILES string of the molecule is C[C@H](NC(=O)c1cccc2c1N(Cc1ccc(Cl)c(Cl)c1)CC2)c1ccc(C(=O)O)cc1. The maximum absolute atomic E-state index is 13.2. The topological polar surface area (TPSA) is 69.6 Å². The van der Waals surface area contributed by atoms with Gasteiger partial charge in [-0.15, -0.1) is 0 Å². The highest BCUT2D eigenvalue weighted by atomic mass is 35.5.